The summed E-state index contributed by atoms with van der Waals surface area (Å²) in [5.41, 5.74) is 1.61. The lowest BCUT2D eigenvalue weighted by atomic mass is 9.95. The minimum absolute atomic E-state index is 0.107. The number of hydroxylamine groups is 2. The van der Waals surface area contributed by atoms with E-state index in [0.29, 0.717) is 13.0 Å². The predicted octanol–water partition coefficient (Wildman–Crippen LogP) is 3.85. The fourth-order valence-corrected chi connectivity index (χ4v) is 2.76. The van der Waals surface area contributed by atoms with Crippen LogP contribution in [0.1, 0.15) is 30.5 Å². The van der Waals surface area contributed by atoms with Gasteiger partial charge in [0, 0.05) is 13.0 Å². The molecule has 1 aliphatic heterocycles. The van der Waals surface area contributed by atoms with Gasteiger partial charge in [0.25, 0.3) is 0 Å². The molecule has 106 valence electrons. The minimum atomic E-state index is -0.755. The third-order valence-electron chi connectivity index (χ3n) is 3.85. The second-order valence-corrected chi connectivity index (χ2v) is 5.63. The van der Waals surface area contributed by atoms with Crippen LogP contribution in [0.15, 0.2) is 60.7 Å². The Hall–Kier alpha value is -2.15. The van der Waals surface area contributed by atoms with Crippen LogP contribution in [-0.2, 0) is 11.4 Å². The Morgan fingerprint density at radius 2 is 1.76 bits per heavy atom. The Labute approximate surface area is 125 Å². The highest BCUT2D eigenvalue weighted by atomic mass is 16.7. The van der Waals surface area contributed by atoms with Crippen molar-refractivity contribution in [1.29, 1.82) is 5.26 Å². The van der Waals surface area contributed by atoms with Gasteiger partial charge in [0.2, 0.25) is 0 Å². The maximum atomic E-state index is 9.37. The summed E-state index contributed by atoms with van der Waals surface area (Å²) in [6.45, 7) is 2.53. The largest absolute Gasteiger partial charge is 0.276 e. The van der Waals surface area contributed by atoms with Crippen molar-refractivity contribution in [3.63, 3.8) is 0 Å². The first-order valence-corrected chi connectivity index (χ1v) is 7.16. The Bertz CT molecular complexity index is 635. The van der Waals surface area contributed by atoms with E-state index in [1.807, 2.05) is 48.4 Å². The van der Waals surface area contributed by atoms with Gasteiger partial charge in [-0.05, 0) is 18.1 Å². The lowest BCUT2D eigenvalue weighted by Gasteiger charge is -2.23. The third kappa shape index (κ3) is 2.97. The van der Waals surface area contributed by atoms with Crippen molar-refractivity contribution in [2.45, 2.75) is 31.5 Å². The summed E-state index contributed by atoms with van der Waals surface area (Å²) in [5.74, 6) is 0. The molecular weight excluding hydrogens is 260 g/mol. The molecule has 0 spiro atoms. The molecule has 21 heavy (non-hydrogen) atoms. The number of nitrogens with zero attached hydrogens (tertiary/aromatic N) is 2. The van der Waals surface area contributed by atoms with Gasteiger partial charge in [-0.3, -0.25) is 4.84 Å². The van der Waals surface area contributed by atoms with Gasteiger partial charge in [-0.2, -0.15) is 10.3 Å². The first kappa shape index (κ1) is 13.8. The Balaban J connectivity index is 1.87. The minimum Gasteiger partial charge on any atom is -0.276 e. The lowest BCUT2D eigenvalue weighted by Crippen LogP contribution is -2.26. The molecule has 1 heterocycles. The van der Waals surface area contributed by atoms with Crippen LogP contribution in [-0.4, -0.2) is 10.7 Å². The molecule has 3 rings (SSSR count). The van der Waals surface area contributed by atoms with Crippen molar-refractivity contribution in [3.05, 3.63) is 71.8 Å². The van der Waals surface area contributed by atoms with Gasteiger partial charge < -0.3 is 0 Å². The number of rotatable bonds is 3. The molecule has 0 saturated carbocycles. The SMILES string of the molecule is C[C@@]1(C#N)C[C@H](c2ccccc2)N(Cc2ccccc2)O1. The number of benzene rings is 2. The molecule has 3 heteroatoms. The predicted molar refractivity (Wildman–Crippen MR) is 80.9 cm³/mol. The number of hydrogen-bond acceptors (Lipinski definition) is 3. The second-order valence-electron chi connectivity index (χ2n) is 5.63. The van der Waals surface area contributed by atoms with Crippen molar-refractivity contribution in [3.8, 4) is 6.07 Å². The van der Waals surface area contributed by atoms with Crippen LogP contribution >= 0.6 is 0 Å². The molecule has 1 saturated heterocycles. The zero-order valence-electron chi connectivity index (χ0n) is 12.1. The second kappa shape index (κ2) is 5.69. The third-order valence-corrected chi connectivity index (χ3v) is 3.85. The van der Waals surface area contributed by atoms with Crippen LogP contribution < -0.4 is 0 Å². The number of hydrogen-bond donors (Lipinski definition) is 0. The molecule has 3 nitrogen and oxygen atoms in total. The van der Waals surface area contributed by atoms with E-state index in [4.69, 9.17) is 4.84 Å². The molecule has 2 aromatic carbocycles. The highest BCUT2D eigenvalue weighted by Gasteiger charge is 2.43. The van der Waals surface area contributed by atoms with Crippen LogP contribution in [0.2, 0.25) is 0 Å². The summed E-state index contributed by atoms with van der Waals surface area (Å²) in [6, 6.07) is 22.8. The summed E-state index contributed by atoms with van der Waals surface area (Å²) in [6.07, 6.45) is 0.681. The van der Waals surface area contributed by atoms with E-state index in [1.54, 1.807) is 0 Å². The average molecular weight is 278 g/mol. The van der Waals surface area contributed by atoms with Crippen molar-refractivity contribution in [2.24, 2.45) is 0 Å². The van der Waals surface area contributed by atoms with Crippen LogP contribution in [0.3, 0.4) is 0 Å². The molecule has 0 unspecified atom stereocenters. The van der Waals surface area contributed by atoms with Crippen molar-refractivity contribution in [2.75, 3.05) is 0 Å². The molecule has 0 radical (unpaired) electrons. The molecule has 2 aromatic rings. The van der Waals surface area contributed by atoms with Crippen molar-refractivity contribution in [1.82, 2.24) is 5.06 Å². The van der Waals surface area contributed by atoms with E-state index in [9.17, 15) is 5.26 Å². The summed E-state index contributed by atoms with van der Waals surface area (Å²) in [5, 5.41) is 11.3. The highest BCUT2D eigenvalue weighted by molar-refractivity contribution is 5.23. The van der Waals surface area contributed by atoms with E-state index in [2.05, 4.69) is 30.3 Å². The molecule has 1 aliphatic rings. The summed E-state index contributed by atoms with van der Waals surface area (Å²) >= 11 is 0. The normalized spacial score (nSPS) is 25.6. The standard InChI is InChI=1S/C18H18N2O/c1-18(14-19)12-17(16-10-6-3-7-11-16)20(21-18)13-15-8-4-2-5-9-15/h2-11,17H,12-13H2,1H3/t17-,18+/m1/s1. The van der Waals surface area contributed by atoms with Gasteiger partial charge in [-0.15, -0.1) is 0 Å². The first-order valence-electron chi connectivity index (χ1n) is 7.16. The van der Waals surface area contributed by atoms with Gasteiger partial charge in [-0.1, -0.05) is 60.7 Å². The smallest absolute Gasteiger partial charge is 0.174 e. The molecule has 0 aliphatic carbocycles. The topological polar surface area (TPSA) is 36.3 Å². The Kier molecular flexibility index (Phi) is 3.74. The van der Waals surface area contributed by atoms with E-state index >= 15 is 0 Å². The van der Waals surface area contributed by atoms with Crippen LogP contribution in [0.25, 0.3) is 0 Å². The summed E-state index contributed by atoms with van der Waals surface area (Å²) in [4.78, 5) is 5.94. The van der Waals surface area contributed by atoms with Crippen LogP contribution in [0, 0.1) is 11.3 Å². The zero-order chi connectivity index (χ0) is 14.7. The molecule has 0 N–H and O–H groups in total. The fraction of sp³-hybridized carbons (Fsp3) is 0.278. The van der Waals surface area contributed by atoms with Crippen molar-refractivity contribution >= 4 is 0 Å². The molecule has 0 bridgehead atoms. The van der Waals surface area contributed by atoms with Gasteiger partial charge in [-0.25, -0.2) is 0 Å². The maximum absolute atomic E-state index is 9.37. The molecule has 0 amide bonds. The van der Waals surface area contributed by atoms with E-state index in [-0.39, 0.29) is 6.04 Å². The van der Waals surface area contributed by atoms with Gasteiger partial charge in [0.1, 0.15) is 0 Å². The van der Waals surface area contributed by atoms with E-state index in [0.717, 1.165) is 0 Å². The van der Waals surface area contributed by atoms with E-state index in [1.165, 1.54) is 11.1 Å². The van der Waals surface area contributed by atoms with Crippen molar-refractivity contribution < 1.29 is 4.84 Å². The van der Waals surface area contributed by atoms with Gasteiger partial charge in [0.05, 0.1) is 12.1 Å². The molecule has 0 aromatic heterocycles. The average Bonchev–Trinajstić information content (AvgIpc) is 2.87. The molecule has 1 fully saturated rings. The van der Waals surface area contributed by atoms with Gasteiger partial charge >= 0.3 is 0 Å². The number of nitriles is 1. The molecular formula is C18H18N2O. The van der Waals surface area contributed by atoms with E-state index < -0.39 is 5.60 Å². The van der Waals surface area contributed by atoms with Gasteiger partial charge in [0.15, 0.2) is 5.60 Å². The summed E-state index contributed by atoms with van der Waals surface area (Å²) < 4.78 is 0. The fourth-order valence-electron chi connectivity index (χ4n) is 2.76. The van der Waals surface area contributed by atoms with Crippen LogP contribution in [0.5, 0.6) is 0 Å². The van der Waals surface area contributed by atoms with Crippen LogP contribution in [0.4, 0.5) is 0 Å². The Morgan fingerprint density at radius 1 is 1.14 bits per heavy atom. The molecule has 2 atom stereocenters. The lowest BCUT2D eigenvalue weighted by molar-refractivity contribution is -0.188. The highest BCUT2D eigenvalue weighted by Crippen LogP contribution is 2.40. The maximum Gasteiger partial charge on any atom is 0.174 e. The quantitative estimate of drug-likeness (QED) is 0.855. The monoisotopic (exact) mass is 278 g/mol. The first-order chi connectivity index (χ1) is 10.2. The Morgan fingerprint density at radius 3 is 2.38 bits per heavy atom. The summed E-state index contributed by atoms with van der Waals surface area (Å²) in [7, 11) is 0. The zero-order valence-corrected chi connectivity index (χ0v) is 12.1.